The summed E-state index contributed by atoms with van der Waals surface area (Å²) in [7, 11) is 0. The van der Waals surface area contributed by atoms with Gasteiger partial charge >= 0.3 is 11.9 Å². The summed E-state index contributed by atoms with van der Waals surface area (Å²) < 4.78 is 0. The SMILES string of the molecule is O=C(O)C(=O)Nc1cc(O)ccc1O. The average Bonchev–Trinajstić information content (AvgIpc) is 2.11. The number of aromatic hydroxyl groups is 2. The number of amides is 1. The molecule has 0 aliphatic carbocycles. The van der Waals surface area contributed by atoms with Crippen molar-refractivity contribution in [3.63, 3.8) is 0 Å². The Bertz CT molecular complexity index is 387. The van der Waals surface area contributed by atoms with Crippen molar-refractivity contribution in [2.24, 2.45) is 0 Å². The zero-order valence-electron chi connectivity index (χ0n) is 6.89. The molecular formula is C8H7NO5. The van der Waals surface area contributed by atoms with Crippen molar-refractivity contribution in [1.29, 1.82) is 0 Å². The van der Waals surface area contributed by atoms with Gasteiger partial charge in [0.05, 0.1) is 5.69 Å². The van der Waals surface area contributed by atoms with Crippen LogP contribution in [0.3, 0.4) is 0 Å². The van der Waals surface area contributed by atoms with Crippen LogP contribution in [-0.4, -0.2) is 27.2 Å². The van der Waals surface area contributed by atoms with Crippen LogP contribution in [0.15, 0.2) is 18.2 Å². The smallest absolute Gasteiger partial charge is 0.394 e. The first-order chi connectivity index (χ1) is 6.50. The minimum absolute atomic E-state index is 0.155. The van der Waals surface area contributed by atoms with E-state index in [0.29, 0.717) is 0 Å². The number of carboxylic acid groups (broad SMARTS) is 1. The van der Waals surface area contributed by atoms with E-state index in [1.54, 1.807) is 0 Å². The number of phenols is 2. The normalized spacial score (nSPS) is 9.43. The van der Waals surface area contributed by atoms with Gasteiger partial charge in [0.1, 0.15) is 11.5 Å². The monoisotopic (exact) mass is 197 g/mol. The molecule has 0 fully saturated rings. The minimum Gasteiger partial charge on any atom is -0.508 e. The molecule has 14 heavy (non-hydrogen) atoms. The number of anilines is 1. The first-order valence-electron chi connectivity index (χ1n) is 3.57. The number of carbonyl (C=O) groups excluding carboxylic acids is 1. The van der Waals surface area contributed by atoms with Crippen LogP contribution in [0.2, 0.25) is 0 Å². The fraction of sp³-hybridized carbons (Fsp3) is 0. The molecule has 0 heterocycles. The number of aliphatic carboxylic acids is 1. The first-order valence-corrected chi connectivity index (χ1v) is 3.57. The van der Waals surface area contributed by atoms with Crippen molar-refractivity contribution in [1.82, 2.24) is 0 Å². The number of hydrogen-bond acceptors (Lipinski definition) is 4. The zero-order chi connectivity index (χ0) is 10.7. The predicted molar refractivity (Wildman–Crippen MR) is 46.0 cm³/mol. The number of carbonyl (C=O) groups is 2. The lowest BCUT2D eigenvalue weighted by Gasteiger charge is -2.04. The molecule has 6 nitrogen and oxygen atoms in total. The van der Waals surface area contributed by atoms with Crippen LogP contribution < -0.4 is 5.32 Å². The Kier molecular flexibility index (Phi) is 2.57. The van der Waals surface area contributed by atoms with Gasteiger partial charge in [-0.15, -0.1) is 0 Å². The molecule has 0 saturated heterocycles. The van der Waals surface area contributed by atoms with Crippen molar-refractivity contribution in [2.45, 2.75) is 0 Å². The van der Waals surface area contributed by atoms with E-state index in [9.17, 15) is 9.59 Å². The van der Waals surface area contributed by atoms with E-state index in [1.807, 2.05) is 5.32 Å². The van der Waals surface area contributed by atoms with E-state index in [-0.39, 0.29) is 17.2 Å². The van der Waals surface area contributed by atoms with Gasteiger partial charge in [-0.3, -0.25) is 4.79 Å². The Morgan fingerprint density at radius 2 is 1.86 bits per heavy atom. The third-order valence-corrected chi connectivity index (χ3v) is 1.42. The molecule has 0 unspecified atom stereocenters. The lowest BCUT2D eigenvalue weighted by molar-refractivity contribution is -0.147. The topological polar surface area (TPSA) is 107 Å². The van der Waals surface area contributed by atoms with Crippen LogP contribution in [0.25, 0.3) is 0 Å². The number of nitrogens with one attached hydrogen (secondary N) is 1. The van der Waals surface area contributed by atoms with Crippen molar-refractivity contribution in [3.05, 3.63) is 18.2 Å². The molecule has 0 aromatic heterocycles. The molecule has 0 saturated carbocycles. The van der Waals surface area contributed by atoms with Crippen LogP contribution in [0, 0.1) is 0 Å². The van der Waals surface area contributed by atoms with Gasteiger partial charge in [0.15, 0.2) is 0 Å². The van der Waals surface area contributed by atoms with Crippen molar-refractivity contribution >= 4 is 17.6 Å². The van der Waals surface area contributed by atoms with Gasteiger partial charge in [-0.25, -0.2) is 4.79 Å². The molecule has 1 aromatic rings. The third-order valence-electron chi connectivity index (χ3n) is 1.42. The van der Waals surface area contributed by atoms with Gasteiger partial charge in [-0.2, -0.15) is 0 Å². The van der Waals surface area contributed by atoms with E-state index in [1.165, 1.54) is 6.07 Å². The average molecular weight is 197 g/mol. The highest BCUT2D eigenvalue weighted by Crippen LogP contribution is 2.26. The fourth-order valence-electron chi connectivity index (χ4n) is 0.800. The predicted octanol–water partition coefficient (Wildman–Crippen LogP) is 0.121. The highest BCUT2D eigenvalue weighted by atomic mass is 16.4. The van der Waals surface area contributed by atoms with Crippen LogP contribution in [0.1, 0.15) is 0 Å². The molecule has 0 spiro atoms. The maximum absolute atomic E-state index is 10.7. The van der Waals surface area contributed by atoms with Crippen molar-refractivity contribution in [2.75, 3.05) is 5.32 Å². The van der Waals surface area contributed by atoms with Gasteiger partial charge in [0.2, 0.25) is 0 Å². The number of benzene rings is 1. The van der Waals surface area contributed by atoms with Crippen molar-refractivity contribution < 1.29 is 24.9 Å². The number of rotatable bonds is 1. The molecule has 74 valence electrons. The summed E-state index contributed by atoms with van der Waals surface area (Å²) in [6.07, 6.45) is 0. The summed E-state index contributed by atoms with van der Waals surface area (Å²) in [4.78, 5) is 20.8. The van der Waals surface area contributed by atoms with E-state index < -0.39 is 11.9 Å². The van der Waals surface area contributed by atoms with Crippen LogP contribution in [0.4, 0.5) is 5.69 Å². The molecule has 4 N–H and O–H groups in total. The van der Waals surface area contributed by atoms with Gasteiger partial charge in [-0.05, 0) is 12.1 Å². The first kappa shape index (κ1) is 9.85. The second-order valence-electron chi connectivity index (χ2n) is 2.46. The summed E-state index contributed by atoms with van der Waals surface area (Å²) >= 11 is 0. The van der Waals surface area contributed by atoms with Crippen molar-refractivity contribution in [3.8, 4) is 11.5 Å². The van der Waals surface area contributed by atoms with E-state index in [4.69, 9.17) is 15.3 Å². The molecule has 0 bridgehead atoms. The van der Waals surface area contributed by atoms with E-state index in [0.717, 1.165) is 12.1 Å². The standard InChI is InChI=1S/C8H7NO5/c10-4-1-2-6(11)5(3-4)9-7(12)8(13)14/h1-3,10-11H,(H,9,12)(H,13,14). The summed E-state index contributed by atoms with van der Waals surface area (Å²) in [6, 6.07) is 3.37. The highest BCUT2D eigenvalue weighted by molar-refractivity contribution is 6.36. The second kappa shape index (κ2) is 3.65. The highest BCUT2D eigenvalue weighted by Gasteiger charge is 2.13. The summed E-state index contributed by atoms with van der Waals surface area (Å²) in [5.41, 5.74) is -0.155. The van der Waals surface area contributed by atoms with Crippen LogP contribution in [-0.2, 0) is 9.59 Å². The zero-order valence-corrected chi connectivity index (χ0v) is 6.89. The van der Waals surface area contributed by atoms with Gasteiger partial charge in [0, 0.05) is 6.07 Å². The molecule has 6 heteroatoms. The Balaban J connectivity index is 2.91. The maximum Gasteiger partial charge on any atom is 0.394 e. The molecule has 0 radical (unpaired) electrons. The van der Waals surface area contributed by atoms with Gasteiger partial charge < -0.3 is 20.6 Å². The quantitative estimate of drug-likeness (QED) is 0.290. The molecule has 1 amide bonds. The molecular weight excluding hydrogens is 190 g/mol. The summed E-state index contributed by atoms with van der Waals surface area (Å²) in [5, 5.41) is 28.3. The van der Waals surface area contributed by atoms with Crippen LogP contribution in [0.5, 0.6) is 11.5 Å². The summed E-state index contributed by atoms with van der Waals surface area (Å²) in [5.74, 6) is -3.47. The second-order valence-corrected chi connectivity index (χ2v) is 2.46. The minimum atomic E-state index is -1.67. The maximum atomic E-state index is 10.7. The molecule has 0 aliphatic heterocycles. The van der Waals surface area contributed by atoms with Crippen LogP contribution >= 0.6 is 0 Å². The molecule has 0 aliphatic rings. The third kappa shape index (κ3) is 2.13. The lowest BCUT2D eigenvalue weighted by atomic mass is 10.2. The number of hydrogen-bond donors (Lipinski definition) is 4. The number of carboxylic acids is 1. The Hall–Kier alpha value is -2.24. The molecule has 0 atom stereocenters. The summed E-state index contributed by atoms with van der Waals surface area (Å²) in [6.45, 7) is 0. The molecule has 1 rings (SSSR count). The number of phenolic OH excluding ortho intramolecular Hbond substituents is 2. The molecule has 1 aromatic carbocycles. The van der Waals surface area contributed by atoms with Gasteiger partial charge in [-0.1, -0.05) is 0 Å². The van der Waals surface area contributed by atoms with E-state index in [2.05, 4.69) is 0 Å². The lowest BCUT2D eigenvalue weighted by Crippen LogP contribution is -2.21. The Morgan fingerprint density at radius 3 is 2.43 bits per heavy atom. The Labute approximate surface area is 78.4 Å². The van der Waals surface area contributed by atoms with E-state index >= 15 is 0 Å². The fourth-order valence-corrected chi connectivity index (χ4v) is 0.800. The van der Waals surface area contributed by atoms with Gasteiger partial charge in [0.25, 0.3) is 0 Å². The largest absolute Gasteiger partial charge is 0.508 e. The Morgan fingerprint density at radius 1 is 1.21 bits per heavy atom.